The summed E-state index contributed by atoms with van der Waals surface area (Å²) < 4.78 is 28.9. The van der Waals surface area contributed by atoms with Gasteiger partial charge in [0.2, 0.25) is 0 Å². The molecular weight excluding hydrogens is 313 g/mol. The summed E-state index contributed by atoms with van der Waals surface area (Å²) in [6.07, 6.45) is -0.246. The molecule has 0 heterocycles. The van der Waals surface area contributed by atoms with Gasteiger partial charge in [-0.3, -0.25) is 4.79 Å². The smallest absolute Gasteiger partial charge is 0.265 e. The SMILES string of the molecule is CC[C@H](Oc1ccc(F)cc1)C(=O)Nc1ccc(OC)cc1OC. The minimum absolute atomic E-state index is 0.315. The number of amides is 1. The van der Waals surface area contributed by atoms with Crippen LogP contribution >= 0.6 is 0 Å². The zero-order chi connectivity index (χ0) is 17.5. The monoisotopic (exact) mass is 333 g/mol. The minimum atomic E-state index is -0.706. The van der Waals surface area contributed by atoms with Crippen molar-refractivity contribution in [3.63, 3.8) is 0 Å². The summed E-state index contributed by atoms with van der Waals surface area (Å²) in [7, 11) is 3.06. The Morgan fingerprint density at radius 3 is 2.33 bits per heavy atom. The molecule has 0 unspecified atom stereocenters. The van der Waals surface area contributed by atoms with Crippen molar-refractivity contribution < 1.29 is 23.4 Å². The van der Waals surface area contributed by atoms with Crippen LogP contribution < -0.4 is 19.5 Å². The van der Waals surface area contributed by atoms with Gasteiger partial charge < -0.3 is 19.5 Å². The van der Waals surface area contributed by atoms with E-state index in [0.29, 0.717) is 29.4 Å². The van der Waals surface area contributed by atoms with Crippen molar-refractivity contribution in [3.8, 4) is 17.2 Å². The summed E-state index contributed by atoms with van der Waals surface area (Å²) in [5.41, 5.74) is 0.518. The second-order valence-corrected chi connectivity index (χ2v) is 5.02. The summed E-state index contributed by atoms with van der Waals surface area (Å²) in [6.45, 7) is 1.83. The topological polar surface area (TPSA) is 56.8 Å². The number of nitrogens with one attached hydrogen (secondary N) is 1. The molecule has 1 N–H and O–H groups in total. The lowest BCUT2D eigenvalue weighted by Gasteiger charge is -2.18. The molecule has 2 aromatic rings. The number of benzene rings is 2. The predicted molar refractivity (Wildman–Crippen MR) is 89.3 cm³/mol. The lowest BCUT2D eigenvalue weighted by molar-refractivity contribution is -0.122. The van der Waals surface area contributed by atoms with E-state index >= 15 is 0 Å². The molecule has 0 aromatic heterocycles. The van der Waals surface area contributed by atoms with Crippen LogP contribution in [0, 0.1) is 5.82 Å². The van der Waals surface area contributed by atoms with Crippen molar-refractivity contribution in [2.75, 3.05) is 19.5 Å². The van der Waals surface area contributed by atoms with E-state index in [-0.39, 0.29) is 11.7 Å². The minimum Gasteiger partial charge on any atom is -0.497 e. The van der Waals surface area contributed by atoms with Gasteiger partial charge in [0, 0.05) is 6.07 Å². The van der Waals surface area contributed by atoms with Crippen molar-refractivity contribution in [1.29, 1.82) is 0 Å². The number of rotatable bonds is 7. The Morgan fingerprint density at radius 2 is 1.75 bits per heavy atom. The van der Waals surface area contributed by atoms with E-state index < -0.39 is 6.10 Å². The second kappa shape index (κ2) is 8.19. The number of methoxy groups -OCH3 is 2. The molecule has 0 aliphatic rings. The zero-order valence-electron chi connectivity index (χ0n) is 13.8. The number of anilines is 1. The van der Waals surface area contributed by atoms with Gasteiger partial charge in [0.15, 0.2) is 6.10 Å². The van der Waals surface area contributed by atoms with Gasteiger partial charge in [-0.1, -0.05) is 6.92 Å². The van der Waals surface area contributed by atoms with Gasteiger partial charge in [-0.15, -0.1) is 0 Å². The van der Waals surface area contributed by atoms with Crippen LogP contribution in [-0.2, 0) is 4.79 Å². The molecule has 1 atom stereocenters. The normalized spacial score (nSPS) is 11.5. The molecule has 128 valence electrons. The first-order chi connectivity index (χ1) is 11.6. The number of hydrogen-bond donors (Lipinski definition) is 1. The van der Waals surface area contributed by atoms with Crippen LogP contribution in [0.4, 0.5) is 10.1 Å². The average molecular weight is 333 g/mol. The van der Waals surface area contributed by atoms with Gasteiger partial charge in [0.1, 0.15) is 23.1 Å². The first-order valence-corrected chi connectivity index (χ1v) is 7.52. The Hall–Kier alpha value is -2.76. The summed E-state index contributed by atoms with van der Waals surface area (Å²) in [5, 5.41) is 2.78. The van der Waals surface area contributed by atoms with E-state index in [1.165, 1.54) is 31.4 Å². The molecular formula is C18H20FNO4. The second-order valence-electron chi connectivity index (χ2n) is 5.02. The van der Waals surface area contributed by atoms with Crippen LogP contribution in [-0.4, -0.2) is 26.2 Å². The summed E-state index contributed by atoms with van der Waals surface area (Å²) in [6, 6.07) is 10.6. The Balaban J connectivity index is 2.10. The number of halogens is 1. The molecule has 0 spiro atoms. The summed E-state index contributed by atoms with van der Waals surface area (Å²) in [5.74, 6) is 0.868. The van der Waals surface area contributed by atoms with E-state index in [4.69, 9.17) is 14.2 Å². The molecule has 0 bridgehead atoms. The van der Waals surface area contributed by atoms with Gasteiger partial charge >= 0.3 is 0 Å². The lowest BCUT2D eigenvalue weighted by atomic mass is 10.2. The Kier molecular flexibility index (Phi) is 6.01. The van der Waals surface area contributed by atoms with Gasteiger partial charge in [-0.2, -0.15) is 0 Å². The van der Waals surface area contributed by atoms with Gasteiger partial charge in [0.05, 0.1) is 19.9 Å². The fraction of sp³-hybridized carbons (Fsp3) is 0.278. The molecule has 0 aliphatic heterocycles. The van der Waals surface area contributed by atoms with Crippen molar-refractivity contribution in [3.05, 3.63) is 48.3 Å². The molecule has 24 heavy (non-hydrogen) atoms. The molecule has 0 aliphatic carbocycles. The molecule has 2 aromatic carbocycles. The first kappa shape index (κ1) is 17.6. The molecule has 5 nitrogen and oxygen atoms in total. The van der Waals surface area contributed by atoms with Gasteiger partial charge in [-0.25, -0.2) is 4.39 Å². The van der Waals surface area contributed by atoms with Gasteiger partial charge in [0.25, 0.3) is 5.91 Å². The number of ether oxygens (including phenoxy) is 3. The molecule has 2 rings (SSSR count). The third-order valence-electron chi connectivity index (χ3n) is 3.42. The Labute approximate surface area is 140 Å². The third kappa shape index (κ3) is 4.38. The average Bonchev–Trinajstić information content (AvgIpc) is 2.61. The molecule has 6 heteroatoms. The number of carbonyl (C=O) groups excluding carboxylic acids is 1. The van der Waals surface area contributed by atoms with Crippen molar-refractivity contribution in [2.24, 2.45) is 0 Å². The first-order valence-electron chi connectivity index (χ1n) is 7.52. The number of carbonyl (C=O) groups is 1. The van der Waals surface area contributed by atoms with Crippen LogP contribution in [0.1, 0.15) is 13.3 Å². The molecule has 0 radical (unpaired) electrons. The largest absolute Gasteiger partial charge is 0.497 e. The number of hydrogen-bond acceptors (Lipinski definition) is 4. The highest BCUT2D eigenvalue weighted by Crippen LogP contribution is 2.29. The van der Waals surface area contributed by atoms with Crippen LogP contribution in [0.3, 0.4) is 0 Å². The van der Waals surface area contributed by atoms with Crippen LogP contribution in [0.15, 0.2) is 42.5 Å². The standard InChI is InChI=1S/C18H20FNO4/c1-4-16(24-13-7-5-12(19)6-8-13)18(21)20-15-10-9-14(22-2)11-17(15)23-3/h5-11,16H,4H2,1-3H3,(H,20,21)/t16-/m0/s1. The van der Waals surface area contributed by atoms with Crippen molar-refractivity contribution in [1.82, 2.24) is 0 Å². The fourth-order valence-corrected chi connectivity index (χ4v) is 2.11. The summed E-state index contributed by atoms with van der Waals surface area (Å²) >= 11 is 0. The van der Waals surface area contributed by atoms with Crippen molar-refractivity contribution >= 4 is 11.6 Å². The van der Waals surface area contributed by atoms with Crippen molar-refractivity contribution in [2.45, 2.75) is 19.4 Å². The predicted octanol–water partition coefficient (Wildman–Crippen LogP) is 3.64. The Morgan fingerprint density at radius 1 is 1.08 bits per heavy atom. The van der Waals surface area contributed by atoms with Gasteiger partial charge in [-0.05, 0) is 42.8 Å². The maximum atomic E-state index is 12.9. The maximum absolute atomic E-state index is 12.9. The lowest BCUT2D eigenvalue weighted by Crippen LogP contribution is -2.32. The van der Waals surface area contributed by atoms with E-state index in [0.717, 1.165) is 0 Å². The molecule has 1 amide bonds. The molecule has 0 saturated carbocycles. The molecule has 0 saturated heterocycles. The van der Waals surface area contributed by atoms with E-state index in [9.17, 15) is 9.18 Å². The Bertz CT molecular complexity index is 688. The quantitative estimate of drug-likeness (QED) is 0.840. The highest BCUT2D eigenvalue weighted by molar-refractivity contribution is 5.95. The van der Waals surface area contributed by atoms with Crippen LogP contribution in [0.2, 0.25) is 0 Å². The highest BCUT2D eigenvalue weighted by Gasteiger charge is 2.20. The van der Waals surface area contributed by atoms with Crippen LogP contribution in [0.25, 0.3) is 0 Å². The third-order valence-corrected chi connectivity index (χ3v) is 3.42. The molecule has 0 fully saturated rings. The van der Waals surface area contributed by atoms with E-state index in [1.54, 1.807) is 25.3 Å². The highest BCUT2D eigenvalue weighted by atomic mass is 19.1. The maximum Gasteiger partial charge on any atom is 0.265 e. The fourth-order valence-electron chi connectivity index (χ4n) is 2.11. The van der Waals surface area contributed by atoms with Crippen LogP contribution in [0.5, 0.6) is 17.2 Å². The summed E-state index contributed by atoms with van der Waals surface area (Å²) in [4.78, 5) is 12.4. The van der Waals surface area contributed by atoms with E-state index in [1.807, 2.05) is 6.92 Å². The zero-order valence-corrected chi connectivity index (χ0v) is 13.8. The van der Waals surface area contributed by atoms with E-state index in [2.05, 4.69) is 5.32 Å².